The van der Waals surface area contributed by atoms with Crippen molar-refractivity contribution in [2.75, 3.05) is 13.6 Å². The lowest BCUT2D eigenvalue weighted by Crippen LogP contribution is -2.53. The second-order valence-electron chi connectivity index (χ2n) is 8.46. The first-order valence-electron chi connectivity index (χ1n) is 9.51. The number of carboxylic acid groups (broad SMARTS) is 1. The molecule has 150 valence electrons. The Kier molecular flexibility index (Phi) is 5.45. The number of carbonyl (C=O) groups excluding carboxylic acids is 1. The van der Waals surface area contributed by atoms with Gasteiger partial charge in [-0.05, 0) is 35.6 Å². The largest absolute Gasteiger partial charge is 0.465 e. The van der Waals surface area contributed by atoms with Gasteiger partial charge in [-0.15, -0.1) is 0 Å². The Hall–Kier alpha value is -2.83. The van der Waals surface area contributed by atoms with E-state index in [0.29, 0.717) is 25.1 Å². The van der Waals surface area contributed by atoms with Crippen LogP contribution in [0.2, 0.25) is 0 Å². The normalized spacial score (nSPS) is 19.6. The van der Waals surface area contributed by atoms with Gasteiger partial charge in [-0.25, -0.2) is 4.79 Å². The molecule has 1 aromatic carbocycles. The molecule has 1 N–H and O–H groups in total. The van der Waals surface area contributed by atoms with Gasteiger partial charge in [0.1, 0.15) is 0 Å². The van der Waals surface area contributed by atoms with Crippen LogP contribution in [-0.4, -0.2) is 62.4 Å². The van der Waals surface area contributed by atoms with Crippen molar-refractivity contribution in [3.05, 3.63) is 53.9 Å². The molecule has 7 heteroatoms. The minimum Gasteiger partial charge on any atom is -0.465 e. The van der Waals surface area contributed by atoms with Crippen molar-refractivity contribution < 1.29 is 14.7 Å². The predicted octanol–water partition coefficient (Wildman–Crippen LogP) is 3.17. The number of rotatable bonds is 4. The molecule has 2 heterocycles. The van der Waals surface area contributed by atoms with Gasteiger partial charge in [0.25, 0.3) is 5.91 Å². The van der Waals surface area contributed by atoms with E-state index in [9.17, 15) is 14.7 Å². The lowest BCUT2D eigenvalue weighted by atomic mass is 9.82. The smallest absolute Gasteiger partial charge is 0.407 e. The van der Waals surface area contributed by atoms with E-state index in [1.54, 1.807) is 18.1 Å². The second-order valence-corrected chi connectivity index (χ2v) is 8.46. The number of nitrogens with zero attached hydrogens (tertiary/aromatic N) is 4. The molecule has 2 atom stereocenters. The van der Waals surface area contributed by atoms with Gasteiger partial charge in [0.05, 0.1) is 18.6 Å². The summed E-state index contributed by atoms with van der Waals surface area (Å²) in [5.41, 5.74) is 1.41. The summed E-state index contributed by atoms with van der Waals surface area (Å²) in [6.07, 6.45) is 3.36. The van der Waals surface area contributed by atoms with Crippen LogP contribution in [0, 0.1) is 5.41 Å². The number of hydrogen-bond acceptors (Lipinski definition) is 3. The molecule has 2 aromatic rings. The summed E-state index contributed by atoms with van der Waals surface area (Å²) >= 11 is 0. The Morgan fingerprint density at radius 3 is 2.46 bits per heavy atom. The van der Waals surface area contributed by atoms with Crippen molar-refractivity contribution in [3.63, 3.8) is 0 Å². The number of likely N-dealkylation sites (N-methyl/N-ethyl adjacent to an activating group) is 1. The van der Waals surface area contributed by atoms with Crippen LogP contribution in [0.1, 0.15) is 43.1 Å². The lowest BCUT2D eigenvalue weighted by Gasteiger charge is -2.40. The van der Waals surface area contributed by atoms with Gasteiger partial charge in [0.2, 0.25) is 0 Å². The summed E-state index contributed by atoms with van der Waals surface area (Å²) in [5.74, 6) is -0.0860. The van der Waals surface area contributed by atoms with Crippen molar-refractivity contribution in [2.45, 2.75) is 45.8 Å². The van der Waals surface area contributed by atoms with E-state index in [0.717, 1.165) is 5.56 Å². The zero-order valence-corrected chi connectivity index (χ0v) is 16.9. The molecule has 0 saturated carbocycles. The molecule has 28 heavy (non-hydrogen) atoms. The summed E-state index contributed by atoms with van der Waals surface area (Å²) in [4.78, 5) is 27.9. The van der Waals surface area contributed by atoms with Gasteiger partial charge < -0.3 is 14.9 Å². The molecule has 1 aliphatic heterocycles. The average molecular weight is 384 g/mol. The van der Waals surface area contributed by atoms with Crippen LogP contribution < -0.4 is 0 Å². The highest BCUT2D eigenvalue weighted by atomic mass is 16.4. The van der Waals surface area contributed by atoms with Gasteiger partial charge >= 0.3 is 6.09 Å². The van der Waals surface area contributed by atoms with Gasteiger partial charge in [0, 0.05) is 31.5 Å². The predicted molar refractivity (Wildman–Crippen MR) is 106 cm³/mol. The van der Waals surface area contributed by atoms with Gasteiger partial charge in [0.15, 0.2) is 0 Å². The monoisotopic (exact) mass is 384 g/mol. The molecule has 1 aromatic heterocycles. The summed E-state index contributed by atoms with van der Waals surface area (Å²) in [7, 11) is 1.77. The van der Waals surface area contributed by atoms with E-state index >= 15 is 0 Å². The van der Waals surface area contributed by atoms with Crippen molar-refractivity contribution >= 4 is 12.0 Å². The maximum atomic E-state index is 13.1. The second kappa shape index (κ2) is 7.66. The SMILES string of the molecule is CN(C(=O)c1ccc(Cn2cccn2)cc1)C1CCN(C(=O)O)C1C(C)(C)C. The zero-order valence-electron chi connectivity index (χ0n) is 16.9. The zero-order chi connectivity index (χ0) is 20.5. The molecule has 1 saturated heterocycles. The van der Waals surface area contributed by atoms with Crippen LogP contribution in [0.25, 0.3) is 0 Å². The first kappa shape index (κ1) is 19.9. The molecule has 0 aliphatic carbocycles. The number of benzene rings is 1. The van der Waals surface area contributed by atoms with E-state index in [1.807, 2.05) is 62.0 Å². The molecule has 7 nitrogen and oxygen atoms in total. The Morgan fingerprint density at radius 2 is 1.93 bits per heavy atom. The Morgan fingerprint density at radius 1 is 1.25 bits per heavy atom. The quantitative estimate of drug-likeness (QED) is 0.878. The standard InChI is InChI=1S/C21H28N4O3/c1-21(2,3)18-17(10-13-25(18)20(27)28)23(4)19(26)16-8-6-15(7-9-16)14-24-12-5-11-22-24/h5-9,11-12,17-18H,10,13-14H2,1-4H3,(H,27,28). The summed E-state index contributed by atoms with van der Waals surface area (Å²) in [5, 5.41) is 13.7. The Balaban J connectivity index is 1.75. The molecule has 1 aliphatic rings. The molecule has 0 spiro atoms. The third-order valence-corrected chi connectivity index (χ3v) is 5.42. The minimum absolute atomic E-state index is 0.0860. The van der Waals surface area contributed by atoms with Gasteiger partial charge in [-0.2, -0.15) is 5.10 Å². The van der Waals surface area contributed by atoms with Gasteiger partial charge in [-0.3, -0.25) is 9.48 Å². The van der Waals surface area contributed by atoms with Crippen LogP contribution in [0.15, 0.2) is 42.7 Å². The average Bonchev–Trinajstić information content (AvgIpc) is 3.30. The number of amides is 2. The Bertz CT molecular complexity index is 824. The van der Waals surface area contributed by atoms with E-state index in [1.165, 1.54) is 4.90 Å². The van der Waals surface area contributed by atoms with Crippen LogP contribution in [-0.2, 0) is 6.54 Å². The minimum atomic E-state index is -0.925. The first-order chi connectivity index (χ1) is 13.2. The number of likely N-dealkylation sites (tertiary alicyclic amines) is 1. The van der Waals surface area contributed by atoms with Crippen LogP contribution in [0.4, 0.5) is 4.79 Å². The first-order valence-corrected chi connectivity index (χ1v) is 9.51. The highest BCUT2D eigenvalue weighted by Crippen LogP contribution is 2.35. The molecule has 2 amide bonds. The molecular weight excluding hydrogens is 356 g/mol. The fourth-order valence-corrected chi connectivity index (χ4v) is 4.13. The van der Waals surface area contributed by atoms with Crippen molar-refractivity contribution in [2.24, 2.45) is 5.41 Å². The van der Waals surface area contributed by atoms with Crippen LogP contribution >= 0.6 is 0 Å². The maximum absolute atomic E-state index is 13.1. The van der Waals surface area contributed by atoms with Crippen molar-refractivity contribution in [3.8, 4) is 0 Å². The topological polar surface area (TPSA) is 78.7 Å². The van der Waals surface area contributed by atoms with Gasteiger partial charge in [-0.1, -0.05) is 32.9 Å². The number of aromatic nitrogens is 2. The third-order valence-electron chi connectivity index (χ3n) is 5.42. The Labute approximate surface area is 165 Å². The molecule has 0 radical (unpaired) electrons. The summed E-state index contributed by atoms with van der Waals surface area (Å²) in [6.45, 7) is 7.17. The van der Waals surface area contributed by atoms with Crippen LogP contribution in [0.5, 0.6) is 0 Å². The lowest BCUT2D eigenvalue weighted by molar-refractivity contribution is 0.0534. The fourth-order valence-electron chi connectivity index (χ4n) is 4.13. The third kappa shape index (κ3) is 4.03. The van der Waals surface area contributed by atoms with Crippen LogP contribution in [0.3, 0.4) is 0 Å². The highest BCUT2D eigenvalue weighted by molar-refractivity contribution is 5.94. The molecule has 3 rings (SSSR count). The fraction of sp³-hybridized carbons (Fsp3) is 0.476. The van der Waals surface area contributed by atoms with E-state index in [4.69, 9.17) is 0 Å². The highest BCUT2D eigenvalue weighted by Gasteiger charge is 2.46. The molecule has 1 fully saturated rings. The van der Waals surface area contributed by atoms with E-state index < -0.39 is 6.09 Å². The summed E-state index contributed by atoms with van der Waals surface area (Å²) < 4.78 is 1.83. The van der Waals surface area contributed by atoms with Crippen molar-refractivity contribution in [1.29, 1.82) is 0 Å². The molecule has 0 bridgehead atoms. The van der Waals surface area contributed by atoms with E-state index in [-0.39, 0.29) is 23.4 Å². The summed E-state index contributed by atoms with van der Waals surface area (Å²) in [6, 6.07) is 9.01. The van der Waals surface area contributed by atoms with Crippen molar-refractivity contribution in [1.82, 2.24) is 19.6 Å². The molecule has 2 unspecified atom stereocenters. The maximum Gasteiger partial charge on any atom is 0.407 e. The number of carbonyl (C=O) groups is 2. The van der Waals surface area contributed by atoms with E-state index in [2.05, 4.69) is 5.10 Å². The molecular formula is C21H28N4O3. The number of hydrogen-bond donors (Lipinski definition) is 1.